The summed E-state index contributed by atoms with van der Waals surface area (Å²) in [5, 5.41) is 45.4. The van der Waals surface area contributed by atoms with Crippen LogP contribution in [-0.4, -0.2) is 21.2 Å². The molecule has 0 heterocycles. The predicted octanol–water partition coefficient (Wildman–Crippen LogP) is -5.39. The van der Waals surface area contributed by atoms with Gasteiger partial charge in [-0.05, 0) is 20.3 Å². The van der Waals surface area contributed by atoms with Gasteiger partial charge in [0.2, 0.25) is 0 Å². The Hall–Kier alpha value is 1.34. The number of hydroxylamine groups is 2. The first-order chi connectivity index (χ1) is 6.47. The van der Waals surface area contributed by atoms with Crippen LogP contribution in [0.25, 0.3) is 0 Å². The van der Waals surface area contributed by atoms with Crippen LogP contribution in [0.2, 0.25) is 0 Å². The van der Waals surface area contributed by atoms with Crippen LogP contribution in [0, 0.1) is 20.8 Å². The topological polar surface area (TPSA) is 140 Å². The van der Waals surface area contributed by atoms with E-state index in [9.17, 15) is 25.6 Å². The third-order valence-corrected chi connectivity index (χ3v) is 1.84. The molecule has 0 aliphatic carbocycles. The molecule has 0 atom stereocenters. The summed E-state index contributed by atoms with van der Waals surface area (Å²) in [6.45, 7) is 2.16. The SMILES string of the molecule is CCC(C(C)=O)(/[N+]([O-])=N/[O-])/[N+]([O-])=N/[O-].[K+].[K+]. The summed E-state index contributed by atoms with van der Waals surface area (Å²) in [5.74, 6) is -0.982. The molecule has 0 aromatic rings. The second kappa shape index (κ2) is 10.3. The van der Waals surface area contributed by atoms with Gasteiger partial charge in [0, 0.05) is 6.92 Å². The third-order valence-electron chi connectivity index (χ3n) is 1.84. The molecule has 0 spiro atoms. The number of hydrogen-bond donors (Lipinski definition) is 0. The van der Waals surface area contributed by atoms with Crippen molar-refractivity contribution in [2.45, 2.75) is 25.9 Å². The standard InChI is InChI=1S/C5H10N4O5.2K/c1-3-5(4(2)10,8(13)6-11)9(14)7-12;;/h11-12H,3H2,1-2H3;;/q;2*+1/p-2/b8-6-,9-7-;;. The Bertz CT molecular complexity index is 277. The molecule has 0 fully saturated rings. The van der Waals surface area contributed by atoms with Gasteiger partial charge in [-0.2, -0.15) is 0 Å². The Kier molecular flexibility index (Phi) is 14.5. The van der Waals surface area contributed by atoms with Crippen molar-refractivity contribution in [3.05, 3.63) is 20.8 Å². The van der Waals surface area contributed by atoms with Crippen molar-refractivity contribution < 1.29 is 117 Å². The van der Waals surface area contributed by atoms with E-state index in [1.807, 2.05) is 10.6 Å². The molecule has 80 valence electrons. The molecule has 9 nitrogen and oxygen atoms in total. The average molecular weight is 282 g/mol. The first-order valence-electron chi connectivity index (χ1n) is 3.59. The van der Waals surface area contributed by atoms with Gasteiger partial charge in [-0.3, -0.25) is 4.79 Å². The van der Waals surface area contributed by atoms with Crippen LogP contribution < -0.4 is 103 Å². The number of carbonyl (C=O) groups excluding carboxylic acids is 1. The summed E-state index contributed by atoms with van der Waals surface area (Å²) in [6, 6.07) is 0. The Morgan fingerprint density at radius 3 is 1.62 bits per heavy atom. The van der Waals surface area contributed by atoms with Crippen molar-refractivity contribution in [1.82, 2.24) is 0 Å². The van der Waals surface area contributed by atoms with Crippen LogP contribution in [0.3, 0.4) is 0 Å². The first-order valence-corrected chi connectivity index (χ1v) is 3.59. The van der Waals surface area contributed by atoms with E-state index in [4.69, 9.17) is 0 Å². The Labute approximate surface area is 177 Å². The maximum atomic E-state index is 11.0. The minimum Gasteiger partial charge on any atom is -0.739 e. The van der Waals surface area contributed by atoms with Crippen molar-refractivity contribution in [3.63, 3.8) is 0 Å². The zero-order valence-corrected chi connectivity index (χ0v) is 15.8. The van der Waals surface area contributed by atoms with Gasteiger partial charge >= 0.3 is 108 Å². The molecule has 0 saturated carbocycles. The fourth-order valence-electron chi connectivity index (χ4n) is 0.997. The first kappa shape index (κ1) is 22.5. The van der Waals surface area contributed by atoms with Gasteiger partial charge < -0.3 is 20.8 Å². The minimum absolute atomic E-state index is 0. The van der Waals surface area contributed by atoms with Crippen molar-refractivity contribution in [2.75, 3.05) is 0 Å². The molecule has 0 aliphatic heterocycles. The van der Waals surface area contributed by atoms with Crippen LogP contribution in [0.5, 0.6) is 0 Å². The molecule has 0 aliphatic rings. The molecule has 0 saturated heterocycles. The van der Waals surface area contributed by atoms with Gasteiger partial charge in [0.15, 0.2) is 0 Å². The zero-order chi connectivity index (χ0) is 11.4. The van der Waals surface area contributed by atoms with Crippen molar-refractivity contribution in [3.8, 4) is 0 Å². The van der Waals surface area contributed by atoms with Crippen LogP contribution in [0.15, 0.2) is 10.6 Å². The van der Waals surface area contributed by atoms with Gasteiger partial charge in [-0.25, -0.2) is 0 Å². The maximum absolute atomic E-state index is 11.0. The molecule has 0 unspecified atom stereocenters. The molecule has 0 aromatic heterocycles. The number of Topliss-reactive ketones (excluding diaryl/α,β-unsaturated/α-hetero) is 1. The molecule has 16 heavy (non-hydrogen) atoms. The van der Waals surface area contributed by atoms with Crippen LogP contribution in [-0.2, 0) is 4.79 Å². The van der Waals surface area contributed by atoms with E-state index in [0.29, 0.717) is 0 Å². The summed E-state index contributed by atoms with van der Waals surface area (Å²) in [6.07, 6.45) is -0.382. The Morgan fingerprint density at radius 1 is 1.19 bits per heavy atom. The van der Waals surface area contributed by atoms with E-state index < -0.39 is 21.2 Å². The molecule has 0 radical (unpaired) electrons. The monoisotopic (exact) mass is 282 g/mol. The molecule has 0 amide bonds. The number of nitrogens with zero attached hydrogens (tertiary/aromatic N) is 4. The molecule has 0 bridgehead atoms. The van der Waals surface area contributed by atoms with Gasteiger partial charge in [0.1, 0.15) is 0 Å². The van der Waals surface area contributed by atoms with Gasteiger partial charge in [0.05, 0.1) is 6.42 Å². The van der Waals surface area contributed by atoms with Crippen molar-refractivity contribution in [1.29, 1.82) is 0 Å². The van der Waals surface area contributed by atoms with Crippen molar-refractivity contribution in [2.24, 2.45) is 10.6 Å². The molecular formula is C5H8K2N4O5. The van der Waals surface area contributed by atoms with Gasteiger partial charge in [-0.1, -0.05) is 6.92 Å². The summed E-state index contributed by atoms with van der Waals surface area (Å²) in [4.78, 5) is 9.69. The van der Waals surface area contributed by atoms with Gasteiger partial charge in [0.25, 0.3) is 5.78 Å². The fraction of sp³-hybridized carbons (Fsp3) is 0.800. The van der Waals surface area contributed by atoms with Gasteiger partial charge in [-0.15, -0.1) is 0 Å². The largest absolute Gasteiger partial charge is 1.00 e. The van der Waals surface area contributed by atoms with E-state index in [2.05, 4.69) is 0 Å². The third kappa shape index (κ3) is 4.55. The number of carbonyl (C=O) groups is 1. The second-order valence-electron chi connectivity index (χ2n) is 2.44. The molecule has 0 aromatic carbocycles. The zero-order valence-electron chi connectivity index (χ0n) is 9.54. The fourth-order valence-corrected chi connectivity index (χ4v) is 0.997. The molecular weight excluding hydrogens is 274 g/mol. The number of ketones is 1. The predicted molar refractivity (Wildman–Crippen MR) is 42.5 cm³/mol. The molecule has 0 N–H and O–H groups in total. The molecule has 11 heteroatoms. The summed E-state index contributed by atoms with van der Waals surface area (Å²) < 4.78 is 0. The Balaban J connectivity index is -0.000000845. The smallest absolute Gasteiger partial charge is 0.739 e. The quantitative estimate of drug-likeness (QED) is 0.166. The van der Waals surface area contributed by atoms with Crippen LogP contribution in [0.1, 0.15) is 20.3 Å². The van der Waals surface area contributed by atoms with Crippen molar-refractivity contribution >= 4 is 5.78 Å². The number of hydrogen-bond acceptors (Lipinski definition) is 7. The van der Waals surface area contributed by atoms with E-state index in [0.717, 1.165) is 6.92 Å². The summed E-state index contributed by atoms with van der Waals surface area (Å²) in [5.41, 5.74) is -2.48. The van der Waals surface area contributed by atoms with E-state index in [1.54, 1.807) is 0 Å². The van der Waals surface area contributed by atoms with E-state index >= 15 is 0 Å². The second-order valence-corrected chi connectivity index (χ2v) is 2.44. The van der Waals surface area contributed by atoms with Crippen LogP contribution >= 0.6 is 0 Å². The van der Waals surface area contributed by atoms with E-state index in [-0.39, 0.29) is 109 Å². The average Bonchev–Trinajstić information content (AvgIpc) is 2.18. The molecule has 0 rings (SSSR count). The maximum Gasteiger partial charge on any atom is 1.00 e. The summed E-state index contributed by atoms with van der Waals surface area (Å²) in [7, 11) is 0. The van der Waals surface area contributed by atoms with Crippen LogP contribution in [0.4, 0.5) is 0 Å². The Morgan fingerprint density at radius 2 is 1.50 bits per heavy atom. The normalized spacial score (nSPS) is 12.4. The van der Waals surface area contributed by atoms with E-state index in [1.165, 1.54) is 6.92 Å². The minimum atomic E-state index is -2.48. The number of rotatable bonds is 4. The summed E-state index contributed by atoms with van der Waals surface area (Å²) >= 11 is 0.